The summed E-state index contributed by atoms with van der Waals surface area (Å²) in [4.78, 5) is 11.3. The van der Waals surface area contributed by atoms with Crippen molar-refractivity contribution in [1.82, 2.24) is 0 Å². The summed E-state index contributed by atoms with van der Waals surface area (Å²) < 4.78 is 5.85. The van der Waals surface area contributed by atoms with Gasteiger partial charge in [0.15, 0.2) is 5.78 Å². The van der Waals surface area contributed by atoms with Gasteiger partial charge in [0, 0.05) is 6.07 Å². The molecule has 3 nitrogen and oxygen atoms in total. The van der Waals surface area contributed by atoms with E-state index in [0.717, 1.165) is 18.4 Å². The van der Waals surface area contributed by atoms with Crippen LogP contribution in [0.1, 0.15) is 48.5 Å². The van der Waals surface area contributed by atoms with Crippen molar-refractivity contribution in [2.24, 2.45) is 0 Å². The molecule has 1 aromatic carbocycles. The molecule has 0 atom stereocenters. The van der Waals surface area contributed by atoms with E-state index in [4.69, 9.17) is 4.74 Å². The van der Waals surface area contributed by atoms with E-state index in [1.807, 2.05) is 6.92 Å². The van der Waals surface area contributed by atoms with Crippen LogP contribution in [0.3, 0.4) is 0 Å². The lowest BCUT2D eigenvalue weighted by Crippen LogP contribution is -2.12. The normalized spacial score (nSPS) is 16.1. The maximum absolute atomic E-state index is 11.3. The van der Waals surface area contributed by atoms with Gasteiger partial charge >= 0.3 is 0 Å². The quantitative estimate of drug-likeness (QED) is 0.817. The van der Waals surface area contributed by atoms with Gasteiger partial charge in [-0.3, -0.25) is 4.79 Å². The minimum atomic E-state index is -0.127. The first-order valence-corrected chi connectivity index (χ1v) is 6.09. The Bertz CT molecular complexity index is 431. The Labute approximate surface area is 101 Å². The van der Waals surface area contributed by atoms with Crippen LogP contribution in [-0.4, -0.2) is 17.0 Å². The van der Waals surface area contributed by atoms with Gasteiger partial charge in [0.2, 0.25) is 0 Å². The zero-order chi connectivity index (χ0) is 12.4. The molecule has 17 heavy (non-hydrogen) atoms. The highest BCUT2D eigenvalue weighted by molar-refractivity contribution is 5.97. The Balaban J connectivity index is 2.23. The number of hydrogen-bond donors (Lipinski definition) is 1. The minimum Gasteiger partial charge on any atom is -0.507 e. The average molecular weight is 234 g/mol. The van der Waals surface area contributed by atoms with Gasteiger partial charge in [-0.15, -0.1) is 0 Å². The molecule has 0 amide bonds. The lowest BCUT2D eigenvalue weighted by Gasteiger charge is -2.16. The van der Waals surface area contributed by atoms with Gasteiger partial charge in [0.1, 0.15) is 11.5 Å². The first kappa shape index (κ1) is 12.0. The standard InChI is InChI=1S/C14H18O3/c1-9-7-12(10(2)15)13(16)8-14(9)17-11-5-3-4-6-11/h7-8,11,16H,3-6H2,1-2H3. The number of carbonyl (C=O) groups excluding carboxylic acids is 1. The van der Waals surface area contributed by atoms with Crippen LogP contribution < -0.4 is 4.74 Å². The van der Waals surface area contributed by atoms with Crippen LogP contribution in [0.15, 0.2) is 12.1 Å². The topological polar surface area (TPSA) is 46.5 Å². The minimum absolute atomic E-state index is 0.0103. The molecule has 0 aromatic heterocycles. The lowest BCUT2D eigenvalue weighted by molar-refractivity contribution is 0.101. The largest absolute Gasteiger partial charge is 0.507 e. The van der Waals surface area contributed by atoms with Crippen molar-refractivity contribution in [3.63, 3.8) is 0 Å². The number of Topliss-reactive ketones (excluding diaryl/α,β-unsaturated/α-hetero) is 1. The van der Waals surface area contributed by atoms with E-state index in [0.29, 0.717) is 11.3 Å². The molecule has 0 heterocycles. The third-order valence-corrected chi connectivity index (χ3v) is 3.27. The number of rotatable bonds is 3. The smallest absolute Gasteiger partial charge is 0.163 e. The van der Waals surface area contributed by atoms with Gasteiger partial charge in [0.05, 0.1) is 11.7 Å². The molecule has 3 heteroatoms. The number of benzene rings is 1. The second kappa shape index (κ2) is 4.78. The fourth-order valence-electron chi connectivity index (χ4n) is 2.27. The number of aryl methyl sites for hydroxylation is 1. The number of ether oxygens (including phenoxy) is 1. The fourth-order valence-corrected chi connectivity index (χ4v) is 2.27. The van der Waals surface area contributed by atoms with Gasteiger partial charge in [0.25, 0.3) is 0 Å². The summed E-state index contributed by atoms with van der Waals surface area (Å²) in [5.41, 5.74) is 1.26. The zero-order valence-electron chi connectivity index (χ0n) is 10.3. The van der Waals surface area contributed by atoms with Crippen molar-refractivity contribution in [2.45, 2.75) is 45.6 Å². The van der Waals surface area contributed by atoms with E-state index in [9.17, 15) is 9.90 Å². The van der Waals surface area contributed by atoms with Crippen LogP contribution in [0.25, 0.3) is 0 Å². The predicted molar refractivity (Wildman–Crippen MR) is 65.7 cm³/mol. The summed E-state index contributed by atoms with van der Waals surface area (Å²) in [6, 6.07) is 3.26. The summed E-state index contributed by atoms with van der Waals surface area (Å²) in [5.74, 6) is 0.577. The van der Waals surface area contributed by atoms with Crippen molar-refractivity contribution in [2.75, 3.05) is 0 Å². The molecular weight excluding hydrogens is 216 g/mol. The van der Waals surface area contributed by atoms with Crippen LogP contribution in [0.2, 0.25) is 0 Å². The monoisotopic (exact) mass is 234 g/mol. The number of hydrogen-bond acceptors (Lipinski definition) is 3. The Kier molecular flexibility index (Phi) is 3.36. The number of aromatic hydroxyl groups is 1. The average Bonchev–Trinajstić information content (AvgIpc) is 2.75. The summed E-state index contributed by atoms with van der Waals surface area (Å²) >= 11 is 0. The molecule has 2 rings (SSSR count). The van der Waals surface area contributed by atoms with Crippen LogP contribution in [0.5, 0.6) is 11.5 Å². The second-order valence-corrected chi connectivity index (χ2v) is 4.72. The molecule has 0 spiro atoms. The lowest BCUT2D eigenvalue weighted by atomic mass is 10.1. The van der Waals surface area contributed by atoms with Gasteiger partial charge in [-0.1, -0.05) is 0 Å². The summed E-state index contributed by atoms with van der Waals surface area (Å²) in [6.45, 7) is 3.35. The Morgan fingerprint density at radius 1 is 1.35 bits per heavy atom. The Morgan fingerprint density at radius 3 is 2.59 bits per heavy atom. The van der Waals surface area contributed by atoms with E-state index >= 15 is 0 Å². The SMILES string of the molecule is CC(=O)c1cc(C)c(OC2CCCC2)cc1O. The molecule has 1 aromatic rings. The molecule has 0 aliphatic heterocycles. The molecular formula is C14H18O3. The van der Waals surface area contributed by atoms with Crippen LogP contribution in [-0.2, 0) is 0 Å². The van der Waals surface area contributed by atoms with Crippen LogP contribution >= 0.6 is 0 Å². The van der Waals surface area contributed by atoms with Crippen LogP contribution in [0, 0.1) is 6.92 Å². The van der Waals surface area contributed by atoms with Gasteiger partial charge in [-0.2, -0.15) is 0 Å². The van der Waals surface area contributed by atoms with E-state index in [1.165, 1.54) is 19.8 Å². The maximum atomic E-state index is 11.3. The van der Waals surface area contributed by atoms with Crippen LogP contribution in [0.4, 0.5) is 0 Å². The highest BCUT2D eigenvalue weighted by Crippen LogP contribution is 2.31. The highest BCUT2D eigenvalue weighted by atomic mass is 16.5. The van der Waals surface area contributed by atoms with E-state index in [-0.39, 0.29) is 17.6 Å². The molecule has 1 aliphatic rings. The number of phenols is 1. The van der Waals surface area contributed by atoms with Crippen molar-refractivity contribution < 1.29 is 14.6 Å². The van der Waals surface area contributed by atoms with Gasteiger partial charge < -0.3 is 9.84 Å². The van der Waals surface area contributed by atoms with Crippen molar-refractivity contribution in [3.8, 4) is 11.5 Å². The third-order valence-electron chi connectivity index (χ3n) is 3.27. The first-order chi connectivity index (χ1) is 8.08. The second-order valence-electron chi connectivity index (χ2n) is 4.72. The van der Waals surface area contributed by atoms with E-state index in [1.54, 1.807) is 12.1 Å². The molecule has 0 unspecified atom stereocenters. The van der Waals surface area contributed by atoms with Crippen molar-refractivity contribution >= 4 is 5.78 Å². The van der Waals surface area contributed by atoms with E-state index < -0.39 is 0 Å². The number of carbonyl (C=O) groups is 1. The number of ketones is 1. The molecule has 1 N–H and O–H groups in total. The van der Waals surface area contributed by atoms with Gasteiger partial charge in [-0.25, -0.2) is 0 Å². The number of phenolic OH excluding ortho intramolecular Hbond substituents is 1. The van der Waals surface area contributed by atoms with Crippen molar-refractivity contribution in [1.29, 1.82) is 0 Å². The summed E-state index contributed by atoms with van der Waals surface area (Å²) in [7, 11) is 0. The predicted octanol–water partition coefficient (Wildman–Crippen LogP) is 3.22. The molecule has 0 saturated heterocycles. The fraction of sp³-hybridized carbons (Fsp3) is 0.500. The molecule has 1 saturated carbocycles. The third kappa shape index (κ3) is 2.60. The summed E-state index contributed by atoms with van der Waals surface area (Å²) in [6.07, 6.45) is 4.84. The van der Waals surface area contributed by atoms with Crippen molar-refractivity contribution in [3.05, 3.63) is 23.3 Å². The van der Waals surface area contributed by atoms with E-state index in [2.05, 4.69) is 0 Å². The zero-order valence-corrected chi connectivity index (χ0v) is 10.3. The summed E-state index contributed by atoms with van der Waals surface area (Å²) in [5, 5.41) is 9.76. The molecule has 1 aliphatic carbocycles. The first-order valence-electron chi connectivity index (χ1n) is 6.09. The Hall–Kier alpha value is -1.51. The molecule has 92 valence electrons. The maximum Gasteiger partial charge on any atom is 0.163 e. The molecule has 0 radical (unpaired) electrons. The Morgan fingerprint density at radius 2 is 2.00 bits per heavy atom. The molecule has 0 bridgehead atoms. The van der Waals surface area contributed by atoms with Gasteiger partial charge in [-0.05, 0) is 51.2 Å². The highest BCUT2D eigenvalue weighted by Gasteiger charge is 2.18. The molecule has 1 fully saturated rings.